The third-order valence-electron chi connectivity index (χ3n) is 4.04. The predicted octanol–water partition coefficient (Wildman–Crippen LogP) is 4.60. The SMILES string of the molecule is C[C@H](Oc1ccc(C(=O)c2ccc(F)cc2)cc1)C(=O)Nc1ccccc1F. The fraction of sp³-hybridized carbons (Fsp3) is 0.0909. The summed E-state index contributed by atoms with van der Waals surface area (Å²) in [5.74, 6) is -1.32. The van der Waals surface area contributed by atoms with Gasteiger partial charge in [0.25, 0.3) is 5.91 Å². The molecule has 0 aliphatic rings. The van der Waals surface area contributed by atoms with Crippen molar-refractivity contribution in [2.75, 3.05) is 5.32 Å². The molecule has 0 saturated heterocycles. The van der Waals surface area contributed by atoms with Gasteiger partial charge in [0.1, 0.15) is 17.4 Å². The summed E-state index contributed by atoms with van der Waals surface area (Å²) in [6.07, 6.45) is -0.877. The number of benzene rings is 3. The number of carbonyl (C=O) groups excluding carboxylic acids is 2. The zero-order chi connectivity index (χ0) is 20.1. The highest BCUT2D eigenvalue weighted by molar-refractivity contribution is 6.09. The van der Waals surface area contributed by atoms with Gasteiger partial charge in [-0.1, -0.05) is 12.1 Å². The number of hydrogen-bond donors (Lipinski definition) is 1. The molecule has 0 bridgehead atoms. The molecule has 3 rings (SSSR count). The van der Waals surface area contributed by atoms with E-state index < -0.39 is 23.6 Å². The molecule has 4 nitrogen and oxygen atoms in total. The number of halogens is 2. The van der Waals surface area contributed by atoms with Crippen molar-refractivity contribution >= 4 is 17.4 Å². The first-order valence-corrected chi connectivity index (χ1v) is 8.56. The maximum Gasteiger partial charge on any atom is 0.265 e. The topological polar surface area (TPSA) is 55.4 Å². The Kier molecular flexibility index (Phi) is 5.79. The van der Waals surface area contributed by atoms with Crippen LogP contribution < -0.4 is 10.1 Å². The second-order valence-electron chi connectivity index (χ2n) is 6.09. The van der Waals surface area contributed by atoms with Gasteiger partial charge in [-0.25, -0.2) is 8.78 Å². The summed E-state index contributed by atoms with van der Waals surface area (Å²) in [6.45, 7) is 1.54. The van der Waals surface area contributed by atoms with Gasteiger partial charge in [0.05, 0.1) is 5.69 Å². The third kappa shape index (κ3) is 4.59. The first kappa shape index (κ1) is 19.2. The highest BCUT2D eigenvalue weighted by atomic mass is 19.1. The van der Waals surface area contributed by atoms with E-state index in [1.807, 2.05) is 0 Å². The lowest BCUT2D eigenvalue weighted by Gasteiger charge is -2.15. The van der Waals surface area contributed by atoms with Crippen molar-refractivity contribution in [3.05, 3.63) is 95.6 Å². The molecule has 0 aliphatic carbocycles. The van der Waals surface area contributed by atoms with E-state index >= 15 is 0 Å². The Morgan fingerprint density at radius 3 is 2.04 bits per heavy atom. The van der Waals surface area contributed by atoms with Crippen LogP contribution in [0.25, 0.3) is 0 Å². The number of hydrogen-bond acceptors (Lipinski definition) is 3. The molecule has 28 heavy (non-hydrogen) atoms. The molecular formula is C22H17F2NO3. The Balaban J connectivity index is 1.63. The van der Waals surface area contributed by atoms with Crippen LogP contribution in [0.3, 0.4) is 0 Å². The lowest BCUT2D eigenvalue weighted by Crippen LogP contribution is -2.30. The Morgan fingerprint density at radius 1 is 0.857 bits per heavy atom. The van der Waals surface area contributed by atoms with Crippen LogP contribution in [-0.2, 0) is 4.79 Å². The normalized spacial score (nSPS) is 11.5. The molecule has 0 spiro atoms. The second kappa shape index (κ2) is 8.43. The van der Waals surface area contributed by atoms with Crippen molar-refractivity contribution in [3.8, 4) is 5.75 Å². The van der Waals surface area contributed by atoms with Crippen molar-refractivity contribution in [1.82, 2.24) is 0 Å². The lowest BCUT2D eigenvalue weighted by molar-refractivity contribution is -0.122. The molecule has 3 aromatic rings. The Labute approximate surface area is 160 Å². The first-order chi connectivity index (χ1) is 13.4. The summed E-state index contributed by atoms with van der Waals surface area (Å²) in [5.41, 5.74) is 0.846. The Hall–Kier alpha value is -3.54. The lowest BCUT2D eigenvalue weighted by atomic mass is 10.0. The summed E-state index contributed by atoms with van der Waals surface area (Å²) in [6, 6.07) is 17.3. The van der Waals surface area contributed by atoms with Crippen LogP contribution >= 0.6 is 0 Å². The summed E-state index contributed by atoms with van der Waals surface area (Å²) in [4.78, 5) is 24.5. The van der Waals surface area contributed by atoms with Crippen molar-refractivity contribution in [1.29, 1.82) is 0 Å². The molecule has 0 aliphatic heterocycles. The van der Waals surface area contributed by atoms with Gasteiger partial charge in [-0.2, -0.15) is 0 Å². The zero-order valence-corrected chi connectivity index (χ0v) is 15.0. The minimum atomic E-state index is -0.877. The van der Waals surface area contributed by atoms with Gasteiger partial charge >= 0.3 is 0 Å². The molecule has 0 fully saturated rings. The average molecular weight is 381 g/mol. The van der Waals surface area contributed by atoms with Gasteiger partial charge in [-0.15, -0.1) is 0 Å². The smallest absolute Gasteiger partial charge is 0.265 e. The van der Waals surface area contributed by atoms with Gasteiger partial charge in [-0.05, 0) is 67.6 Å². The van der Waals surface area contributed by atoms with Gasteiger partial charge in [0.15, 0.2) is 11.9 Å². The number of carbonyl (C=O) groups is 2. The third-order valence-corrected chi connectivity index (χ3v) is 4.04. The Bertz CT molecular complexity index is 985. The molecule has 0 radical (unpaired) electrons. The number of para-hydroxylation sites is 1. The van der Waals surface area contributed by atoms with E-state index in [9.17, 15) is 18.4 Å². The van der Waals surface area contributed by atoms with Crippen LogP contribution in [0.5, 0.6) is 5.75 Å². The van der Waals surface area contributed by atoms with Crippen molar-refractivity contribution in [2.24, 2.45) is 0 Å². The van der Waals surface area contributed by atoms with Crippen LogP contribution in [0.1, 0.15) is 22.8 Å². The summed E-state index contributed by atoms with van der Waals surface area (Å²) < 4.78 is 32.1. The molecule has 6 heteroatoms. The standard InChI is InChI=1S/C22H17F2NO3/c1-14(22(27)25-20-5-3-2-4-19(20)24)28-18-12-8-16(9-13-18)21(26)15-6-10-17(23)11-7-15/h2-14H,1H3,(H,25,27)/t14-/m0/s1. The van der Waals surface area contributed by atoms with Crippen LogP contribution in [0.4, 0.5) is 14.5 Å². The first-order valence-electron chi connectivity index (χ1n) is 8.56. The highest BCUT2D eigenvalue weighted by Crippen LogP contribution is 2.18. The van der Waals surface area contributed by atoms with E-state index in [1.165, 1.54) is 49.4 Å². The quantitative estimate of drug-likeness (QED) is 0.635. The number of amides is 1. The molecule has 3 aromatic carbocycles. The zero-order valence-electron chi connectivity index (χ0n) is 15.0. The van der Waals surface area contributed by atoms with E-state index in [2.05, 4.69) is 5.32 Å². The minimum Gasteiger partial charge on any atom is -0.481 e. The number of ketones is 1. The monoisotopic (exact) mass is 381 g/mol. The maximum absolute atomic E-state index is 13.6. The number of rotatable bonds is 6. The largest absolute Gasteiger partial charge is 0.481 e. The number of ether oxygens (including phenoxy) is 1. The van der Waals surface area contributed by atoms with E-state index in [-0.39, 0.29) is 11.5 Å². The van der Waals surface area contributed by atoms with Crippen molar-refractivity contribution in [3.63, 3.8) is 0 Å². The van der Waals surface area contributed by atoms with Crippen LogP contribution in [0.15, 0.2) is 72.8 Å². The van der Waals surface area contributed by atoms with Crippen LogP contribution in [-0.4, -0.2) is 17.8 Å². The highest BCUT2D eigenvalue weighted by Gasteiger charge is 2.17. The van der Waals surface area contributed by atoms with Gasteiger partial charge in [0.2, 0.25) is 0 Å². The van der Waals surface area contributed by atoms with E-state index in [1.54, 1.807) is 30.3 Å². The summed E-state index contributed by atoms with van der Waals surface area (Å²) >= 11 is 0. The minimum absolute atomic E-state index is 0.0724. The van der Waals surface area contributed by atoms with Crippen molar-refractivity contribution in [2.45, 2.75) is 13.0 Å². The molecule has 1 atom stereocenters. The molecule has 1 amide bonds. The Morgan fingerprint density at radius 2 is 1.43 bits per heavy atom. The number of nitrogens with one attached hydrogen (secondary N) is 1. The van der Waals surface area contributed by atoms with Gasteiger partial charge in [0, 0.05) is 11.1 Å². The van der Waals surface area contributed by atoms with Gasteiger partial charge in [-0.3, -0.25) is 9.59 Å². The molecule has 0 unspecified atom stereocenters. The second-order valence-corrected chi connectivity index (χ2v) is 6.09. The van der Waals surface area contributed by atoms with E-state index in [0.717, 1.165) is 0 Å². The fourth-order valence-electron chi connectivity index (χ4n) is 2.51. The predicted molar refractivity (Wildman–Crippen MR) is 101 cm³/mol. The average Bonchev–Trinajstić information content (AvgIpc) is 2.70. The molecule has 0 aromatic heterocycles. The van der Waals surface area contributed by atoms with Crippen molar-refractivity contribution < 1.29 is 23.1 Å². The van der Waals surface area contributed by atoms with E-state index in [4.69, 9.17) is 4.74 Å². The molecule has 0 heterocycles. The summed E-state index contributed by atoms with van der Waals surface area (Å²) in [7, 11) is 0. The fourth-order valence-corrected chi connectivity index (χ4v) is 2.51. The van der Waals surface area contributed by atoms with E-state index in [0.29, 0.717) is 16.9 Å². The van der Waals surface area contributed by atoms with Crippen LogP contribution in [0, 0.1) is 11.6 Å². The molecular weight excluding hydrogens is 364 g/mol. The molecule has 142 valence electrons. The maximum atomic E-state index is 13.6. The molecule has 1 N–H and O–H groups in total. The number of anilines is 1. The summed E-state index contributed by atoms with van der Waals surface area (Å²) in [5, 5.41) is 2.46. The molecule has 0 saturated carbocycles. The van der Waals surface area contributed by atoms with Gasteiger partial charge < -0.3 is 10.1 Å². The van der Waals surface area contributed by atoms with Crippen LogP contribution in [0.2, 0.25) is 0 Å².